The van der Waals surface area contributed by atoms with Crippen molar-refractivity contribution in [2.24, 2.45) is 0 Å². The summed E-state index contributed by atoms with van der Waals surface area (Å²) in [5.74, 6) is -2.85. The first-order valence-electron chi connectivity index (χ1n) is 8.10. The number of aromatic nitrogens is 3. The van der Waals surface area contributed by atoms with Gasteiger partial charge in [0.25, 0.3) is 0 Å². The lowest BCUT2D eigenvalue weighted by molar-refractivity contribution is -0.147. The van der Waals surface area contributed by atoms with Gasteiger partial charge in [0.05, 0.1) is 22.3 Å². The van der Waals surface area contributed by atoms with E-state index in [0.29, 0.717) is 33.0 Å². The zero-order valence-corrected chi connectivity index (χ0v) is 15.0. The van der Waals surface area contributed by atoms with Crippen LogP contribution >= 0.6 is 11.3 Å². The largest absolute Gasteiger partial charge is 0.474 e. The zero-order valence-electron chi connectivity index (χ0n) is 14.2. The Bertz CT molecular complexity index is 1210. The molecule has 0 atom stereocenters. The van der Waals surface area contributed by atoms with E-state index in [2.05, 4.69) is 15.4 Å². The summed E-state index contributed by atoms with van der Waals surface area (Å²) in [6.07, 6.45) is 3.05. The van der Waals surface area contributed by atoms with Crippen molar-refractivity contribution >= 4 is 40.3 Å². The summed E-state index contributed by atoms with van der Waals surface area (Å²) in [7, 11) is 0. The number of carbonyl (C=O) groups is 3. The number of fused-ring (bicyclic) bond motifs is 1. The Morgan fingerprint density at radius 2 is 1.96 bits per heavy atom. The summed E-state index contributed by atoms with van der Waals surface area (Å²) in [5, 5.41) is 17.2. The van der Waals surface area contributed by atoms with Crippen LogP contribution in [0.2, 0.25) is 0 Å². The third kappa shape index (κ3) is 3.14. The van der Waals surface area contributed by atoms with Gasteiger partial charge in [0, 0.05) is 17.4 Å². The highest BCUT2D eigenvalue weighted by Gasteiger charge is 2.18. The number of aliphatic carboxylic acids is 1. The Kier molecular flexibility index (Phi) is 4.42. The second kappa shape index (κ2) is 7.05. The summed E-state index contributed by atoms with van der Waals surface area (Å²) < 4.78 is 1.54. The Balaban J connectivity index is 1.75. The van der Waals surface area contributed by atoms with Crippen molar-refractivity contribution < 1.29 is 19.5 Å². The summed E-state index contributed by atoms with van der Waals surface area (Å²) in [6, 6.07) is 11.9. The van der Waals surface area contributed by atoms with Gasteiger partial charge in [-0.1, -0.05) is 18.2 Å². The molecule has 0 fully saturated rings. The Hall–Kier alpha value is -3.85. The van der Waals surface area contributed by atoms with Crippen LogP contribution in [0.1, 0.15) is 15.2 Å². The minimum Gasteiger partial charge on any atom is -0.474 e. The number of nitrogens with one attached hydrogen (secondary N) is 1. The third-order valence-corrected chi connectivity index (χ3v) is 4.87. The van der Waals surface area contributed by atoms with Crippen molar-refractivity contribution in [1.82, 2.24) is 14.6 Å². The smallest absolute Gasteiger partial charge is 0.394 e. The molecule has 0 aliphatic heterocycles. The van der Waals surface area contributed by atoms with E-state index in [0.717, 1.165) is 0 Å². The van der Waals surface area contributed by atoms with Crippen molar-refractivity contribution in [3.63, 3.8) is 0 Å². The molecule has 0 saturated carbocycles. The number of anilines is 1. The number of carbonyl (C=O) groups excluding carboxylic acids is 2. The third-order valence-electron chi connectivity index (χ3n) is 4.00. The number of carboxylic acid groups (broad SMARTS) is 1. The normalized spacial score (nSPS) is 10.7. The first-order valence-corrected chi connectivity index (χ1v) is 8.98. The van der Waals surface area contributed by atoms with E-state index in [-0.39, 0.29) is 5.78 Å². The van der Waals surface area contributed by atoms with Crippen molar-refractivity contribution in [1.29, 1.82) is 0 Å². The number of ketones is 1. The van der Waals surface area contributed by atoms with Crippen LogP contribution in [0.25, 0.3) is 16.9 Å². The van der Waals surface area contributed by atoms with Crippen molar-refractivity contribution in [3.05, 3.63) is 70.7 Å². The SMILES string of the molecule is O=C(O)C(=O)Nc1cccc(-c2ccnc3c(C(=O)c4cccs4)cnn23)c1. The molecule has 138 valence electrons. The van der Waals surface area contributed by atoms with Crippen molar-refractivity contribution in [3.8, 4) is 11.3 Å². The molecule has 0 spiro atoms. The lowest BCUT2D eigenvalue weighted by Gasteiger charge is -2.08. The fourth-order valence-electron chi connectivity index (χ4n) is 2.75. The van der Waals surface area contributed by atoms with E-state index in [4.69, 9.17) is 5.11 Å². The predicted octanol–water partition coefficient (Wildman–Crippen LogP) is 2.71. The van der Waals surface area contributed by atoms with Crippen LogP contribution in [-0.4, -0.2) is 37.4 Å². The number of amides is 1. The van der Waals surface area contributed by atoms with E-state index in [1.54, 1.807) is 53.2 Å². The molecule has 0 aliphatic carbocycles. The number of benzene rings is 1. The Morgan fingerprint density at radius 3 is 2.71 bits per heavy atom. The van der Waals surface area contributed by atoms with Crippen LogP contribution in [0.3, 0.4) is 0 Å². The summed E-state index contributed by atoms with van der Waals surface area (Å²) in [5.41, 5.74) is 2.45. The van der Waals surface area contributed by atoms with Crippen molar-refractivity contribution in [2.75, 3.05) is 5.32 Å². The van der Waals surface area contributed by atoms with Gasteiger partial charge in [0.15, 0.2) is 5.65 Å². The first-order chi connectivity index (χ1) is 13.5. The summed E-state index contributed by atoms with van der Waals surface area (Å²) in [6.45, 7) is 0. The maximum absolute atomic E-state index is 12.7. The summed E-state index contributed by atoms with van der Waals surface area (Å²) in [4.78, 5) is 39.7. The molecule has 0 saturated heterocycles. The van der Waals surface area contributed by atoms with Gasteiger partial charge in [-0.2, -0.15) is 5.10 Å². The highest BCUT2D eigenvalue weighted by molar-refractivity contribution is 7.12. The maximum atomic E-state index is 12.7. The zero-order chi connectivity index (χ0) is 19.7. The van der Waals surface area contributed by atoms with Gasteiger partial charge >= 0.3 is 11.9 Å². The van der Waals surface area contributed by atoms with Crippen molar-refractivity contribution in [2.45, 2.75) is 0 Å². The molecule has 1 aromatic carbocycles. The average molecular weight is 392 g/mol. The minimum absolute atomic E-state index is 0.155. The molecule has 8 nitrogen and oxygen atoms in total. The van der Waals surface area contributed by atoms with Crippen LogP contribution in [0, 0.1) is 0 Å². The van der Waals surface area contributed by atoms with Crippen LogP contribution in [0.15, 0.2) is 60.2 Å². The second-order valence-electron chi connectivity index (χ2n) is 5.77. The molecule has 9 heteroatoms. The van der Waals surface area contributed by atoms with Gasteiger partial charge in [0.2, 0.25) is 5.78 Å². The van der Waals surface area contributed by atoms with Crippen LogP contribution in [0.5, 0.6) is 0 Å². The number of rotatable bonds is 4. The Morgan fingerprint density at radius 1 is 1.11 bits per heavy atom. The Labute approximate surface area is 162 Å². The highest BCUT2D eigenvalue weighted by Crippen LogP contribution is 2.25. The molecule has 3 heterocycles. The molecule has 2 N–H and O–H groups in total. The van der Waals surface area contributed by atoms with Gasteiger partial charge < -0.3 is 10.4 Å². The van der Waals surface area contributed by atoms with Gasteiger partial charge in [0.1, 0.15) is 0 Å². The van der Waals surface area contributed by atoms with E-state index in [9.17, 15) is 14.4 Å². The molecule has 0 bridgehead atoms. The fourth-order valence-corrected chi connectivity index (χ4v) is 3.43. The molecule has 0 radical (unpaired) electrons. The maximum Gasteiger partial charge on any atom is 0.394 e. The number of nitrogens with zero attached hydrogens (tertiary/aromatic N) is 3. The molecule has 3 aromatic heterocycles. The number of hydrogen-bond donors (Lipinski definition) is 2. The number of thiophene rings is 1. The quantitative estimate of drug-likeness (QED) is 0.408. The molecule has 0 unspecified atom stereocenters. The van der Waals surface area contributed by atoms with E-state index in [1.807, 2.05) is 5.38 Å². The van der Waals surface area contributed by atoms with Gasteiger partial charge in [-0.15, -0.1) is 11.3 Å². The second-order valence-corrected chi connectivity index (χ2v) is 6.72. The fraction of sp³-hybridized carbons (Fsp3) is 0. The molecule has 0 aliphatic rings. The average Bonchev–Trinajstić information content (AvgIpc) is 3.37. The van der Waals surface area contributed by atoms with Gasteiger partial charge in [-0.3, -0.25) is 9.59 Å². The van der Waals surface area contributed by atoms with Crippen LogP contribution < -0.4 is 5.32 Å². The molecule has 4 rings (SSSR count). The molecular weight excluding hydrogens is 380 g/mol. The molecular formula is C19H12N4O4S. The number of carboxylic acids is 1. The van der Waals surface area contributed by atoms with Gasteiger partial charge in [-0.05, 0) is 29.6 Å². The first kappa shape index (κ1) is 17.6. The highest BCUT2D eigenvalue weighted by atomic mass is 32.1. The predicted molar refractivity (Wildman–Crippen MR) is 102 cm³/mol. The lowest BCUT2D eigenvalue weighted by atomic mass is 10.1. The van der Waals surface area contributed by atoms with E-state index < -0.39 is 11.9 Å². The minimum atomic E-state index is -1.57. The summed E-state index contributed by atoms with van der Waals surface area (Å²) >= 11 is 1.35. The van der Waals surface area contributed by atoms with Gasteiger partial charge in [-0.25, -0.2) is 14.3 Å². The van der Waals surface area contributed by atoms with Crippen LogP contribution in [-0.2, 0) is 9.59 Å². The van der Waals surface area contributed by atoms with E-state index in [1.165, 1.54) is 17.5 Å². The number of hydrogen-bond acceptors (Lipinski definition) is 6. The molecule has 28 heavy (non-hydrogen) atoms. The van der Waals surface area contributed by atoms with E-state index >= 15 is 0 Å². The standard InChI is InChI=1S/C19H12N4O4S/c24-16(15-5-2-8-28-15)13-10-21-23-14(6-7-20-17(13)23)11-3-1-4-12(9-11)22-18(25)19(26)27/h1-10H,(H,22,25)(H,26,27). The topological polar surface area (TPSA) is 114 Å². The lowest BCUT2D eigenvalue weighted by Crippen LogP contribution is -2.21. The monoisotopic (exact) mass is 392 g/mol. The molecule has 1 amide bonds. The van der Waals surface area contributed by atoms with Crippen LogP contribution in [0.4, 0.5) is 5.69 Å². The molecule has 4 aromatic rings.